The number of amides is 2. The summed E-state index contributed by atoms with van der Waals surface area (Å²) in [6.45, 7) is 11.2. The van der Waals surface area contributed by atoms with Crippen molar-refractivity contribution in [3.8, 4) is 5.75 Å². The first-order valence-corrected chi connectivity index (χ1v) is 14.1. The van der Waals surface area contributed by atoms with Gasteiger partial charge in [-0.1, -0.05) is 77.4 Å². The van der Waals surface area contributed by atoms with Crippen LogP contribution in [0.1, 0.15) is 89.8 Å². The van der Waals surface area contributed by atoms with Crippen molar-refractivity contribution >= 4 is 12.0 Å². The third kappa shape index (κ3) is 6.89. The average Bonchev–Trinajstić information content (AvgIpc) is 3.15. The van der Waals surface area contributed by atoms with E-state index >= 15 is 0 Å². The number of rotatable bonds is 13. The van der Waals surface area contributed by atoms with Gasteiger partial charge in [-0.2, -0.15) is 0 Å². The molecule has 3 rings (SSSR count). The molecule has 1 fully saturated rings. The Morgan fingerprint density at radius 1 is 1.03 bits per heavy atom. The highest BCUT2D eigenvalue weighted by atomic mass is 16.5. The van der Waals surface area contributed by atoms with Gasteiger partial charge in [-0.15, -0.1) is 0 Å². The Hall–Kier alpha value is -3.02. The number of carboxylic acid groups (broad SMARTS) is 1. The van der Waals surface area contributed by atoms with Gasteiger partial charge >= 0.3 is 12.0 Å². The van der Waals surface area contributed by atoms with Crippen molar-refractivity contribution in [3.63, 3.8) is 0 Å². The van der Waals surface area contributed by atoms with Crippen LogP contribution in [0, 0.1) is 0 Å². The summed E-state index contributed by atoms with van der Waals surface area (Å²) in [6, 6.07) is 16.6. The number of benzene rings is 2. The van der Waals surface area contributed by atoms with Crippen LogP contribution in [0.2, 0.25) is 0 Å². The number of hydrogen-bond donors (Lipinski definition) is 2. The van der Waals surface area contributed by atoms with Crippen LogP contribution in [0.4, 0.5) is 4.79 Å². The Kier molecular flexibility index (Phi) is 9.50. The van der Waals surface area contributed by atoms with Crippen molar-refractivity contribution in [2.45, 2.75) is 103 Å². The first-order chi connectivity index (χ1) is 17.9. The van der Waals surface area contributed by atoms with Gasteiger partial charge in [-0.25, -0.2) is 9.59 Å². The van der Waals surface area contributed by atoms with E-state index in [1.54, 1.807) is 0 Å². The van der Waals surface area contributed by atoms with E-state index in [0.717, 1.165) is 38.5 Å². The number of aryl methyl sites for hydroxylation is 1. The number of nitrogens with zero attached hydrogens (tertiary/aromatic N) is 1. The number of aliphatic carboxylic acids is 1. The highest BCUT2D eigenvalue weighted by Crippen LogP contribution is 2.32. The number of urea groups is 1. The lowest BCUT2D eigenvalue weighted by atomic mass is 9.83. The van der Waals surface area contributed by atoms with Gasteiger partial charge in [0, 0.05) is 13.6 Å². The van der Waals surface area contributed by atoms with E-state index in [-0.39, 0.29) is 17.0 Å². The molecule has 0 bridgehead atoms. The molecule has 1 aliphatic heterocycles. The Morgan fingerprint density at radius 2 is 1.66 bits per heavy atom. The van der Waals surface area contributed by atoms with Crippen molar-refractivity contribution < 1.29 is 19.4 Å². The number of likely N-dealkylation sites (N-methyl/N-ethyl adjacent to an activating group) is 1. The van der Waals surface area contributed by atoms with Crippen molar-refractivity contribution in [1.29, 1.82) is 0 Å². The van der Waals surface area contributed by atoms with E-state index < -0.39 is 11.6 Å². The molecule has 0 spiro atoms. The molecule has 6 heteroatoms. The highest BCUT2D eigenvalue weighted by molar-refractivity contribution is 5.78. The van der Waals surface area contributed by atoms with E-state index in [2.05, 4.69) is 57.3 Å². The predicted octanol–water partition coefficient (Wildman–Crippen LogP) is 6.75. The van der Waals surface area contributed by atoms with Crippen molar-refractivity contribution in [2.24, 2.45) is 0 Å². The van der Waals surface area contributed by atoms with Crippen LogP contribution < -0.4 is 10.1 Å². The number of ether oxygens (including phenoxy) is 1. The molecule has 0 aromatic heterocycles. The highest BCUT2D eigenvalue weighted by Gasteiger charge is 2.42. The number of unbranched alkanes of at least 4 members (excludes halogenated alkanes) is 1. The summed E-state index contributed by atoms with van der Waals surface area (Å²) in [5.74, 6) is -0.311. The lowest BCUT2D eigenvalue weighted by molar-refractivity contribution is -0.156. The molecule has 2 N–H and O–H groups in total. The zero-order valence-corrected chi connectivity index (χ0v) is 24.1. The molecule has 0 saturated carbocycles. The van der Waals surface area contributed by atoms with Crippen molar-refractivity contribution in [2.75, 3.05) is 13.6 Å². The quantitative estimate of drug-likeness (QED) is 0.305. The van der Waals surface area contributed by atoms with Crippen LogP contribution in [0.3, 0.4) is 0 Å². The molecule has 1 saturated heterocycles. The molecular weight excluding hydrogens is 476 g/mol. The summed E-state index contributed by atoms with van der Waals surface area (Å²) < 4.78 is 6.04. The standard InChI is InChI=1S/C32H46N2O4/c1-7-9-21-32(8-2,28(35)36)38-27-18-14-24(15-19-27)11-10-20-31(23-33-29(37)34(31)6)22-25-12-16-26(17-13-25)30(3,4)5/h12-19H,7-11,20-23H2,1-6H3,(H,33,37)(H,35,36). The molecule has 2 amide bonds. The van der Waals surface area contributed by atoms with Gasteiger partial charge < -0.3 is 20.1 Å². The number of hydrogen-bond acceptors (Lipinski definition) is 3. The second kappa shape index (κ2) is 12.2. The second-order valence-corrected chi connectivity index (χ2v) is 11.9. The van der Waals surface area contributed by atoms with E-state index in [9.17, 15) is 14.7 Å². The fourth-order valence-electron chi connectivity index (χ4n) is 5.36. The summed E-state index contributed by atoms with van der Waals surface area (Å²) >= 11 is 0. The average molecular weight is 523 g/mol. The zero-order valence-electron chi connectivity index (χ0n) is 24.1. The number of carbonyl (C=O) groups excluding carboxylic acids is 1. The fraction of sp³-hybridized carbons (Fsp3) is 0.562. The Bertz CT molecular complexity index is 1070. The summed E-state index contributed by atoms with van der Waals surface area (Å²) in [6.07, 6.45) is 6.17. The van der Waals surface area contributed by atoms with Gasteiger partial charge in [-0.05, 0) is 79.2 Å². The molecule has 1 aliphatic rings. The minimum atomic E-state index is -1.18. The minimum Gasteiger partial charge on any atom is -0.478 e. The summed E-state index contributed by atoms with van der Waals surface area (Å²) in [5, 5.41) is 12.9. The Morgan fingerprint density at radius 3 is 2.16 bits per heavy atom. The SMILES string of the molecule is CCCCC(CC)(Oc1ccc(CCCC2(Cc3ccc(C(C)(C)C)cc3)CNC(=O)N2C)cc1)C(=O)O. The monoisotopic (exact) mass is 522 g/mol. The normalized spacial score (nSPS) is 19.2. The molecular formula is C32H46N2O4. The van der Waals surface area contributed by atoms with Crippen LogP contribution in [-0.2, 0) is 23.1 Å². The first-order valence-electron chi connectivity index (χ1n) is 14.1. The fourth-order valence-corrected chi connectivity index (χ4v) is 5.36. The van der Waals surface area contributed by atoms with Gasteiger partial charge in [0.05, 0.1) is 5.54 Å². The summed E-state index contributed by atoms with van der Waals surface area (Å²) in [5.41, 5.74) is 2.39. The van der Waals surface area contributed by atoms with Crippen LogP contribution >= 0.6 is 0 Å². The van der Waals surface area contributed by atoms with Crippen LogP contribution in [0.15, 0.2) is 48.5 Å². The van der Waals surface area contributed by atoms with E-state index in [1.165, 1.54) is 16.7 Å². The number of nitrogens with one attached hydrogen (secondary N) is 1. The minimum absolute atomic E-state index is 0.0151. The molecule has 6 nitrogen and oxygen atoms in total. The van der Waals surface area contributed by atoms with Gasteiger partial charge in [0.15, 0.2) is 0 Å². The third-order valence-corrected chi connectivity index (χ3v) is 8.18. The first kappa shape index (κ1) is 29.5. The van der Waals surface area contributed by atoms with Crippen molar-refractivity contribution in [3.05, 3.63) is 65.2 Å². The smallest absolute Gasteiger partial charge is 0.348 e. The van der Waals surface area contributed by atoms with Crippen LogP contribution in [0.5, 0.6) is 5.75 Å². The maximum atomic E-state index is 12.4. The number of carboxylic acids is 1. The molecule has 0 radical (unpaired) electrons. The predicted molar refractivity (Wildman–Crippen MR) is 153 cm³/mol. The topological polar surface area (TPSA) is 78.9 Å². The third-order valence-electron chi connectivity index (χ3n) is 8.18. The molecule has 2 atom stereocenters. The molecule has 0 aliphatic carbocycles. The maximum absolute atomic E-state index is 12.4. The Balaban J connectivity index is 1.65. The summed E-state index contributed by atoms with van der Waals surface area (Å²) in [7, 11) is 1.90. The second-order valence-electron chi connectivity index (χ2n) is 11.9. The van der Waals surface area contributed by atoms with E-state index in [0.29, 0.717) is 25.1 Å². The molecule has 2 aromatic rings. The zero-order chi connectivity index (χ0) is 28.0. The molecule has 1 heterocycles. The van der Waals surface area contributed by atoms with Gasteiger partial charge in [-0.3, -0.25) is 0 Å². The maximum Gasteiger partial charge on any atom is 0.348 e. The summed E-state index contributed by atoms with van der Waals surface area (Å²) in [4.78, 5) is 26.3. The number of carbonyl (C=O) groups is 2. The largest absolute Gasteiger partial charge is 0.478 e. The Labute approximate surface area is 228 Å². The lowest BCUT2D eigenvalue weighted by Gasteiger charge is -2.35. The lowest BCUT2D eigenvalue weighted by Crippen LogP contribution is -2.46. The van der Waals surface area contributed by atoms with Crippen LogP contribution in [0.25, 0.3) is 0 Å². The van der Waals surface area contributed by atoms with Crippen molar-refractivity contribution in [1.82, 2.24) is 10.2 Å². The van der Waals surface area contributed by atoms with E-state index in [4.69, 9.17) is 4.74 Å². The molecule has 2 unspecified atom stereocenters. The molecule has 38 heavy (non-hydrogen) atoms. The van der Waals surface area contributed by atoms with E-state index in [1.807, 2.05) is 43.1 Å². The van der Waals surface area contributed by atoms with Gasteiger partial charge in [0.1, 0.15) is 5.75 Å². The molecule has 208 valence electrons. The van der Waals surface area contributed by atoms with Crippen LogP contribution in [-0.4, -0.2) is 46.7 Å². The van der Waals surface area contributed by atoms with Gasteiger partial charge in [0.2, 0.25) is 5.60 Å². The molecule has 2 aromatic carbocycles. The van der Waals surface area contributed by atoms with Gasteiger partial charge in [0.25, 0.3) is 0 Å².